The predicted molar refractivity (Wildman–Crippen MR) is 82.4 cm³/mol. The summed E-state index contributed by atoms with van der Waals surface area (Å²) in [5, 5.41) is 0. The van der Waals surface area contributed by atoms with Crippen LogP contribution >= 0.6 is 0 Å². The van der Waals surface area contributed by atoms with Gasteiger partial charge in [0, 0.05) is 0 Å². The first-order valence-corrected chi connectivity index (χ1v) is 7.02. The fraction of sp³-hybridized carbons (Fsp3) is 0.263. The van der Waals surface area contributed by atoms with Crippen molar-refractivity contribution in [2.45, 2.75) is 33.6 Å². The molecule has 1 aliphatic rings. The highest BCUT2D eigenvalue weighted by molar-refractivity contribution is 5.85. The Bertz CT molecular complexity index is 655. The highest BCUT2D eigenvalue weighted by atomic mass is 14.2. The lowest BCUT2D eigenvalue weighted by Crippen LogP contribution is -1.94. The van der Waals surface area contributed by atoms with E-state index in [1.807, 2.05) is 0 Å². The van der Waals surface area contributed by atoms with E-state index >= 15 is 0 Å². The third kappa shape index (κ3) is 2.12. The zero-order chi connectivity index (χ0) is 13.4. The van der Waals surface area contributed by atoms with Crippen molar-refractivity contribution in [2.24, 2.45) is 0 Å². The minimum atomic E-state index is 1.14. The van der Waals surface area contributed by atoms with E-state index in [4.69, 9.17) is 0 Å². The second kappa shape index (κ2) is 4.70. The van der Waals surface area contributed by atoms with E-state index in [9.17, 15) is 0 Å². The van der Waals surface area contributed by atoms with E-state index in [1.54, 1.807) is 0 Å². The third-order valence-electron chi connectivity index (χ3n) is 3.98. The Balaban J connectivity index is 2.31. The van der Waals surface area contributed by atoms with Gasteiger partial charge in [0.2, 0.25) is 0 Å². The molecule has 0 heteroatoms. The van der Waals surface area contributed by atoms with Crippen molar-refractivity contribution in [1.29, 1.82) is 0 Å². The highest BCUT2D eigenvalue weighted by Gasteiger charge is 2.18. The third-order valence-corrected chi connectivity index (χ3v) is 3.98. The summed E-state index contributed by atoms with van der Waals surface area (Å²) in [5.41, 5.74) is 10.0. The summed E-state index contributed by atoms with van der Waals surface area (Å²) in [6.07, 6.45) is 2.29. The quantitative estimate of drug-likeness (QED) is 0.619. The van der Waals surface area contributed by atoms with Crippen molar-refractivity contribution >= 4 is 5.57 Å². The molecule has 0 saturated carbocycles. The van der Waals surface area contributed by atoms with Crippen LogP contribution in [0.2, 0.25) is 0 Å². The number of hydrogen-bond acceptors (Lipinski definition) is 0. The van der Waals surface area contributed by atoms with Crippen molar-refractivity contribution < 1.29 is 0 Å². The fourth-order valence-electron chi connectivity index (χ4n) is 3.11. The Hall–Kier alpha value is -1.82. The number of allylic oxidation sites excluding steroid dienone is 1. The lowest BCUT2D eigenvalue weighted by atomic mass is 9.90. The van der Waals surface area contributed by atoms with E-state index < -0.39 is 0 Å². The van der Waals surface area contributed by atoms with Crippen LogP contribution < -0.4 is 0 Å². The first-order valence-electron chi connectivity index (χ1n) is 7.02. The molecular formula is C19H20. The molecule has 0 bridgehead atoms. The minimum Gasteiger partial charge on any atom is -0.0680 e. The molecular weight excluding hydrogens is 228 g/mol. The van der Waals surface area contributed by atoms with Gasteiger partial charge in [-0.25, -0.2) is 0 Å². The van der Waals surface area contributed by atoms with E-state index in [-0.39, 0.29) is 0 Å². The summed E-state index contributed by atoms with van der Waals surface area (Å²) in [6, 6.07) is 15.7. The first-order chi connectivity index (χ1) is 9.16. The molecule has 0 radical (unpaired) electrons. The Labute approximate surface area is 115 Å². The number of aryl methyl sites for hydroxylation is 3. The molecule has 0 aromatic heterocycles. The zero-order valence-corrected chi connectivity index (χ0v) is 12.0. The van der Waals surface area contributed by atoms with Crippen LogP contribution in [-0.4, -0.2) is 0 Å². The molecule has 1 aliphatic carbocycles. The fourth-order valence-corrected chi connectivity index (χ4v) is 3.11. The monoisotopic (exact) mass is 248 g/mol. The summed E-state index contributed by atoms with van der Waals surface area (Å²) in [6.45, 7) is 6.63. The van der Waals surface area contributed by atoms with Crippen LogP contribution in [0.5, 0.6) is 0 Å². The molecule has 2 aromatic carbocycles. The molecule has 96 valence electrons. The van der Waals surface area contributed by atoms with Gasteiger partial charge in [0.05, 0.1) is 0 Å². The van der Waals surface area contributed by atoms with E-state index in [0.29, 0.717) is 0 Å². The molecule has 2 aromatic rings. The van der Waals surface area contributed by atoms with Crippen molar-refractivity contribution in [3.63, 3.8) is 0 Å². The molecule has 0 atom stereocenters. The number of hydrogen-bond donors (Lipinski definition) is 0. The van der Waals surface area contributed by atoms with Gasteiger partial charge in [-0.15, -0.1) is 0 Å². The molecule has 0 nitrogen and oxygen atoms in total. The van der Waals surface area contributed by atoms with Gasteiger partial charge in [0.1, 0.15) is 0 Å². The second-order valence-corrected chi connectivity index (χ2v) is 5.69. The van der Waals surface area contributed by atoms with E-state index in [0.717, 1.165) is 12.8 Å². The van der Waals surface area contributed by atoms with Gasteiger partial charge in [-0.3, -0.25) is 0 Å². The average molecular weight is 248 g/mol. The van der Waals surface area contributed by atoms with Crippen molar-refractivity contribution in [3.8, 4) is 0 Å². The maximum absolute atomic E-state index is 2.35. The van der Waals surface area contributed by atoms with Gasteiger partial charge in [0.15, 0.2) is 0 Å². The molecule has 0 spiro atoms. The number of benzene rings is 2. The number of fused-ring (bicyclic) bond motifs is 2. The average Bonchev–Trinajstić information content (AvgIpc) is 2.55. The minimum absolute atomic E-state index is 1.14. The van der Waals surface area contributed by atoms with E-state index in [1.165, 1.54) is 39.0 Å². The highest BCUT2D eigenvalue weighted by Crippen LogP contribution is 2.35. The summed E-state index contributed by atoms with van der Waals surface area (Å²) in [5.74, 6) is 0. The van der Waals surface area contributed by atoms with E-state index in [2.05, 4.69) is 63.2 Å². The molecule has 0 amide bonds. The molecule has 0 aliphatic heterocycles. The standard InChI is InChI=1S/C19H20/c1-13(2)19-17-7-5-4-6-15(17)9-10-16-12-14(3)8-11-18(16)19/h4-8,11-12H,9-10H2,1-3H3. The smallest absolute Gasteiger partial charge is 0.0119 e. The van der Waals surface area contributed by atoms with Crippen LogP contribution in [-0.2, 0) is 12.8 Å². The van der Waals surface area contributed by atoms with Crippen LogP contribution in [0.1, 0.15) is 41.7 Å². The predicted octanol–water partition coefficient (Wildman–Crippen LogP) is 4.94. The van der Waals surface area contributed by atoms with Crippen LogP contribution in [0.4, 0.5) is 0 Å². The first kappa shape index (κ1) is 12.2. The largest absolute Gasteiger partial charge is 0.0680 e. The summed E-state index contributed by atoms with van der Waals surface area (Å²) < 4.78 is 0. The van der Waals surface area contributed by atoms with Gasteiger partial charge in [0.25, 0.3) is 0 Å². The molecule has 0 unspecified atom stereocenters. The van der Waals surface area contributed by atoms with Gasteiger partial charge in [-0.05, 0) is 61.4 Å². The van der Waals surface area contributed by atoms with Crippen LogP contribution in [0, 0.1) is 6.92 Å². The topological polar surface area (TPSA) is 0 Å². The molecule has 0 heterocycles. The SMILES string of the molecule is CC(C)=C1c2ccccc2CCc2cc(C)ccc21. The Kier molecular flexibility index (Phi) is 3.02. The van der Waals surface area contributed by atoms with Crippen LogP contribution in [0.15, 0.2) is 48.0 Å². The molecule has 0 fully saturated rings. The van der Waals surface area contributed by atoms with Gasteiger partial charge in [-0.1, -0.05) is 53.6 Å². The normalized spacial score (nSPS) is 13.5. The second-order valence-electron chi connectivity index (χ2n) is 5.69. The van der Waals surface area contributed by atoms with Gasteiger partial charge in [-0.2, -0.15) is 0 Å². The molecule has 0 N–H and O–H groups in total. The van der Waals surface area contributed by atoms with Crippen LogP contribution in [0.25, 0.3) is 5.57 Å². The molecule has 19 heavy (non-hydrogen) atoms. The van der Waals surface area contributed by atoms with Gasteiger partial charge >= 0.3 is 0 Å². The Morgan fingerprint density at radius 1 is 0.842 bits per heavy atom. The Morgan fingerprint density at radius 2 is 1.53 bits per heavy atom. The maximum Gasteiger partial charge on any atom is -0.0119 e. The van der Waals surface area contributed by atoms with Gasteiger partial charge < -0.3 is 0 Å². The molecule has 0 saturated heterocycles. The summed E-state index contributed by atoms with van der Waals surface area (Å²) in [4.78, 5) is 0. The maximum atomic E-state index is 2.35. The summed E-state index contributed by atoms with van der Waals surface area (Å²) in [7, 11) is 0. The zero-order valence-electron chi connectivity index (χ0n) is 12.0. The Morgan fingerprint density at radius 3 is 2.32 bits per heavy atom. The van der Waals surface area contributed by atoms with Crippen molar-refractivity contribution in [2.75, 3.05) is 0 Å². The lowest BCUT2D eigenvalue weighted by Gasteiger charge is -2.14. The van der Waals surface area contributed by atoms with Crippen molar-refractivity contribution in [1.82, 2.24) is 0 Å². The summed E-state index contributed by atoms with van der Waals surface area (Å²) >= 11 is 0. The molecule has 3 rings (SSSR count). The van der Waals surface area contributed by atoms with Crippen LogP contribution in [0.3, 0.4) is 0 Å². The lowest BCUT2D eigenvalue weighted by molar-refractivity contribution is 0.963. The number of rotatable bonds is 0. The van der Waals surface area contributed by atoms with Crippen molar-refractivity contribution in [3.05, 3.63) is 75.9 Å².